The van der Waals surface area contributed by atoms with Gasteiger partial charge in [-0.1, -0.05) is 18.2 Å². The monoisotopic (exact) mass is 226 g/mol. The number of nitriles is 1. The molecule has 2 aromatic rings. The summed E-state index contributed by atoms with van der Waals surface area (Å²) in [6.07, 6.45) is 2.91. The Hall–Kier alpha value is -1.79. The normalized spacial score (nSPS) is 17.6. The fourth-order valence-electron chi connectivity index (χ4n) is 2.49. The van der Waals surface area contributed by atoms with Crippen LogP contribution in [-0.2, 0) is 18.2 Å². The van der Waals surface area contributed by atoms with Gasteiger partial charge in [-0.05, 0) is 18.1 Å². The minimum Gasteiger partial charge on any atom is -0.378 e. The molecule has 0 N–H and O–H groups in total. The number of aromatic nitrogens is 1. The molecule has 1 aromatic carbocycles. The van der Waals surface area contributed by atoms with E-state index in [4.69, 9.17) is 4.74 Å². The maximum Gasteiger partial charge on any atom is 0.108 e. The Kier molecular flexibility index (Phi) is 2.20. The number of ether oxygens (including phenoxy) is 1. The first-order valence-electron chi connectivity index (χ1n) is 5.76. The molecular weight excluding hydrogens is 212 g/mol. The summed E-state index contributed by atoms with van der Waals surface area (Å²) in [5.41, 5.74) is 2.16. The molecule has 86 valence electrons. The number of para-hydroxylation sites is 1. The van der Waals surface area contributed by atoms with Crippen molar-refractivity contribution in [1.82, 2.24) is 4.57 Å². The maximum absolute atomic E-state index is 9.24. The predicted molar refractivity (Wildman–Crippen MR) is 65.5 cm³/mol. The van der Waals surface area contributed by atoms with Gasteiger partial charge in [0.15, 0.2) is 0 Å². The molecule has 1 aromatic heterocycles. The Morgan fingerprint density at radius 2 is 2.18 bits per heavy atom. The summed E-state index contributed by atoms with van der Waals surface area (Å²) in [5.74, 6) is 0. The zero-order chi connectivity index (χ0) is 11.9. The van der Waals surface area contributed by atoms with Gasteiger partial charge in [0.2, 0.25) is 0 Å². The summed E-state index contributed by atoms with van der Waals surface area (Å²) >= 11 is 0. The first-order valence-corrected chi connectivity index (χ1v) is 5.76. The van der Waals surface area contributed by atoms with Gasteiger partial charge in [0, 0.05) is 24.1 Å². The molecule has 1 fully saturated rings. The largest absolute Gasteiger partial charge is 0.378 e. The summed E-state index contributed by atoms with van der Waals surface area (Å²) in [6, 6.07) is 10.7. The molecule has 17 heavy (non-hydrogen) atoms. The number of aryl methyl sites for hydroxylation is 1. The number of hydrogen-bond donors (Lipinski definition) is 0. The Morgan fingerprint density at radius 1 is 1.41 bits per heavy atom. The zero-order valence-corrected chi connectivity index (χ0v) is 9.81. The van der Waals surface area contributed by atoms with Gasteiger partial charge in [0.25, 0.3) is 0 Å². The second-order valence-corrected chi connectivity index (χ2v) is 4.84. The van der Waals surface area contributed by atoms with Crippen molar-refractivity contribution in [3.63, 3.8) is 0 Å². The van der Waals surface area contributed by atoms with Crippen molar-refractivity contribution in [2.45, 2.75) is 6.42 Å². The van der Waals surface area contributed by atoms with Crippen LogP contribution in [0.15, 0.2) is 30.5 Å². The van der Waals surface area contributed by atoms with Crippen LogP contribution in [0.25, 0.3) is 10.9 Å². The van der Waals surface area contributed by atoms with Crippen molar-refractivity contribution in [1.29, 1.82) is 5.26 Å². The molecule has 0 atom stereocenters. The van der Waals surface area contributed by atoms with Gasteiger partial charge in [0.05, 0.1) is 19.3 Å². The van der Waals surface area contributed by atoms with Gasteiger partial charge >= 0.3 is 0 Å². The molecule has 1 aliphatic heterocycles. The topological polar surface area (TPSA) is 38.0 Å². The molecule has 3 nitrogen and oxygen atoms in total. The number of nitrogens with zero attached hydrogens (tertiary/aromatic N) is 2. The van der Waals surface area contributed by atoms with E-state index in [-0.39, 0.29) is 5.41 Å². The zero-order valence-electron chi connectivity index (χ0n) is 9.81. The summed E-state index contributed by atoms with van der Waals surface area (Å²) in [5, 5.41) is 10.5. The maximum atomic E-state index is 9.24. The Bertz CT molecular complexity index is 602. The molecule has 0 radical (unpaired) electrons. The standard InChI is InChI=1S/C14H14N2O/c1-16-7-11(6-14(8-15)9-17-10-14)12-4-2-3-5-13(12)16/h2-5,7H,6,9-10H2,1H3. The molecule has 0 unspecified atom stereocenters. The average Bonchev–Trinajstić information content (AvgIpc) is 2.62. The summed E-state index contributed by atoms with van der Waals surface area (Å²) < 4.78 is 7.31. The quantitative estimate of drug-likeness (QED) is 0.787. The minimum atomic E-state index is -0.301. The van der Waals surface area contributed by atoms with Crippen LogP contribution >= 0.6 is 0 Å². The molecule has 0 aliphatic carbocycles. The molecule has 1 aliphatic rings. The lowest BCUT2D eigenvalue weighted by atomic mass is 9.81. The highest BCUT2D eigenvalue weighted by Gasteiger charge is 2.39. The van der Waals surface area contributed by atoms with E-state index >= 15 is 0 Å². The molecule has 0 bridgehead atoms. The molecule has 3 heteroatoms. The van der Waals surface area contributed by atoms with Crippen LogP contribution in [0.2, 0.25) is 0 Å². The fraction of sp³-hybridized carbons (Fsp3) is 0.357. The van der Waals surface area contributed by atoms with Gasteiger partial charge < -0.3 is 9.30 Å². The molecule has 1 saturated heterocycles. The smallest absolute Gasteiger partial charge is 0.108 e. The first kappa shape index (κ1) is 10.4. The highest BCUT2D eigenvalue weighted by molar-refractivity contribution is 5.84. The summed E-state index contributed by atoms with van der Waals surface area (Å²) in [7, 11) is 2.04. The van der Waals surface area contributed by atoms with E-state index in [1.807, 2.05) is 19.2 Å². The SMILES string of the molecule is Cn1cc(CC2(C#N)COC2)c2ccccc21. The van der Waals surface area contributed by atoms with Gasteiger partial charge in [-0.3, -0.25) is 0 Å². The minimum absolute atomic E-state index is 0.301. The van der Waals surface area contributed by atoms with Crippen molar-refractivity contribution in [2.24, 2.45) is 12.5 Å². The van der Waals surface area contributed by atoms with E-state index in [0.29, 0.717) is 13.2 Å². The second kappa shape index (κ2) is 3.61. The van der Waals surface area contributed by atoms with Crippen LogP contribution in [-0.4, -0.2) is 17.8 Å². The van der Waals surface area contributed by atoms with Crippen molar-refractivity contribution in [2.75, 3.05) is 13.2 Å². The van der Waals surface area contributed by atoms with Gasteiger partial charge in [-0.25, -0.2) is 0 Å². The summed E-state index contributed by atoms with van der Waals surface area (Å²) in [4.78, 5) is 0. The highest BCUT2D eigenvalue weighted by Crippen LogP contribution is 2.33. The lowest BCUT2D eigenvalue weighted by molar-refractivity contribution is -0.0763. The van der Waals surface area contributed by atoms with Crippen LogP contribution in [0.4, 0.5) is 0 Å². The molecule has 3 rings (SSSR count). The van der Waals surface area contributed by atoms with Crippen LogP contribution in [0, 0.1) is 16.7 Å². The third kappa shape index (κ3) is 1.53. The molecule has 0 amide bonds. The van der Waals surface area contributed by atoms with E-state index < -0.39 is 0 Å². The van der Waals surface area contributed by atoms with Crippen LogP contribution < -0.4 is 0 Å². The van der Waals surface area contributed by atoms with Crippen molar-refractivity contribution >= 4 is 10.9 Å². The Morgan fingerprint density at radius 3 is 2.82 bits per heavy atom. The van der Waals surface area contributed by atoms with Crippen molar-refractivity contribution in [3.05, 3.63) is 36.0 Å². The van der Waals surface area contributed by atoms with E-state index in [1.54, 1.807) is 0 Å². The lowest BCUT2D eigenvalue weighted by Crippen LogP contribution is -2.42. The van der Waals surface area contributed by atoms with Crippen LogP contribution in [0.3, 0.4) is 0 Å². The van der Waals surface area contributed by atoms with Gasteiger partial charge in [-0.15, -0.1) is 0 Å². The molecule has 0 saturated carbocycles. The van der Waals surface area contributed by atoms with E-state index in [9.17, 15) is 5.26 Å². The van der Waals surface area contributed by atoms with Crippen LogP contribution in [0.1, 0.15) is 5.56 Å². The molecule has 0 spiro atoms. The average molecular weight is 226 g/mol. The third-order valence-electron chi connectivity index (χ3n) is 3.50. The molecular formula is C14H14N2O. The predicted octanol–water partition coefficient (Wildman–Crippen LogP) is 2.26. The van der Waals surface area contributed by atoms with Gasteiger partial charge in [0.1, 0.15) is 5.41 Å². The second-order valence-electron chi connectivity index (χ2n) is 4.84. The lowest BCUT2D eigenvalue weighted by Gasteiger charge is -2.34. The molecule has 2 heterocycles. The van der Waals surface area contributed by atoms with Crippen molar-refractivity contribution < 1.29 is 4.74 Å². The van der Waals surface area contributed by atoms with Gasteiger partial charge in [-0.2, -0.15) is 5.26 Å². The highest BCUT2D eigenvalue weighted by atomic mass is 16.5. The van der Waals surface area contributed by atoms with Crippen molar-refractivity contribution in [3.8, 4) is 6.07 Å². The number of rotatable bonds is 2. The number of fused-ring (bicyclic) bond motifs is 1. The number of hydrogen-bond acceptors (Lipinski definition) is 2. The Labute approximate surface area is 100 Å². The fourth-order valence-corrected chi connectivity index (χ4v) is 2.49. The van der Waals surface area contributed by atoms with Crippen LogP contribution in [0.5, 0.6) is 0 Å². The van der Waals surface area contributed by atoms with E-state index in [0.717, 1.165) is 6.42 Å². The summed E-state index contributed by atoms with van der Waals surface area (Å²) in [6.45, 7) is 1.12. The first-order chi connectivity index (χ1) is 8.24. The van der Waals surface area contributed by atoms with E-state index in [1.165, 1.54) is 16.5 Å². The van der Waals surface area contributed by atoms with E-state index in [2.05, 4.69) is 29.0 Å². The number of benzene rings is 1. The third-order valence-corrected chi connectivity index (χ3v) is 3.50. The Balaban J connectivity index is 2.04.